The lowest BCUT2D eigenvalue weighted by Gasteiger charge is -2.20. The Hall–Kier alpha value is -10.9. The molecule has 0 atom stereocenters. The summed E-state index contributed by atoms with van der Waals surface area (Å²) in [7, 11) is 0. The Kier molecular flexibility index (Phi) is 17.6. The van der Waals surface area contributed by atoms with Gasteiger partial charge in [0, 0.05) is 66.1 Å². The molecule has 4 heteroatoms. The summed E-state index contributed by atoms with van der Waals surface area (Å²) < 4.78 is 0. The summed E-state index contributed by atoms with van der Waals surface area (Å²) in [4.78, 5) is 21.8. The smallest absolute Gasteiger partial charge is 0.0816 e. The van der Waals surface area contributed by atoms with E-state index in [1.807, 2.05) is 0 Å². The quantitative estimate of drug-likeness (QED) is 0.167. The minimum absolute atomic E-state index is 0.0220. The van der Waals surface area contributed by atoms with Crippen molar-refractivity contribution in [2.24, 2.45) is 0 Å². The molecule has 4 heterocycles. The van der Waals surface area contributed by atoms with Crippen molar-refractivity contribution in [3.63, 3.8) is 0 Å². The number of aromatic nitrogens is 4. The molecular weight excluding hydrogens is 1330 g/mol. The van der Waals surface area contributed by atoms with Crippen molar-refractivity contribution in [3.8, 4) is 123 Å². The molecule has 1 aliphatic carbocycles. The van der Waals surface area contributed by atoms with E-state index in [1.165, 1.54) is 55.6 Å². The van der Waals surface area contributed by atoms with Crippen LogP contribution in [0.15, 0.2) is 249 Å². The van der Waals surface area contributed by atoms with Crippen molar-refractivity contribution in [2.75, 3.05) is 0 Å². The standard InChI is InChI=1S/C106H106N4/c1-100(2,3)73-45-39-66(40-46-73)63-27-33-70(34-28-63)89-93-81-56-52-76(103(10,11)12)59-84(81)96(108-93)88(69-25-23-22-24-26-69)92-80-55-51-77(104(13,14)15)60-85(80)97(107-92)90(71-35-29-64(30-36-71)67-41-47-74(48-42-67)101(4,5)6)94-82-57-53-79(106(19,20)21)62-87(82)99(109-94)91(95-83-58-54-78(105(16,17)18)61-86(83)98(89)110-95)72-37-31-65(32-38-72)68-43-49-75(50-44-68)102(7,8)9/h22-62,108-109H,1-21H3. The van der Waals surface area contributed by atoms with Crippen LogP contribution in [0.5, 0.6) is 0 Å². The number of H-pyrrole nitrogens is 2. The van der Waals surface area contributed by atoms with Gasteiger partial charge in [-0.15, -0.1) is 0 Å². The van der Waals surface area contributed by atoms with Crippen LogP contribution in [0.1, 0.15) is 184 Å². The first-order chi connectivity index (χ1) is 51.9. The fourth-order valence-corrected chi connectivity index (χ4v) is 16.4. The van der Waals surface area contributed by atoms with E-state index in [0.29, 0.717) is 0 Å². The second-order valence-corrected chi connectivity index (χ2v) is 38.5. The number of hydrogen-bond acceptors (Lipinski definition) is 2. The molecule has 2 aromatic heterocycles. The Morgan fingerprint density at radius 2 is 0.391 bits per heavy atom. The first-order valence-electron chi connectivity index (χ1n) is 39.7. The van der Waals surface area contributed by atoms with Gasteiger partial charge in [-0.05, 0) is 157 Å². The van der Waals surface area contributed by atoms with Crippen LogP contribution in [-0.4, -0.2) is 19.9 Å². The summed E-state index contributed by atoms with van der Waals surface area (Å²) in [6.07, 6.45) is 0. The molecule has 13 aromatic rings. The maximum absolute atomic E-state index is 6.45. The number of aromatic amines is 2. The molecule has 0 saturated heterocycles. The van der Waals surface area contributed by atoms with Crippen molar-refractivity contribution in [1.29, 1.82) is 0 Å². The Labute approximate surface area is 653 Å². The molecule has 2 N–H and O–H groups in total. The van der Waals surface area contributed by atoms with Crippen molar-refractivity contribution in [1.82, 2.24) is 19.9 Å². The van der Waals surface area contributed by atoms with E-state index in [2.05, 4.69) is 404 Å². The maximum atomic E-state index is 6.45. The number of hydrogen-bond donors (Lipinski definition) is 2. The average molecular weight is 1440 g/mol. The van der Waals surface area contributed by atoms with Crippen LogP contribution in [-0.2, 0) is 37.9 Å². The van der Waals surface area contributed by atoms with Gasteiger partial charge in [-0.3, -0.25) is 0 Å². The number of nitrogens with zero attached hydrogens (tertiary/aromatic N) is 2. The molecule has 0 unspecified atom stereocenters. The molecular formula is C106H106N4. The van der Waals surface area contributed by atoms with Crippen LogP contribution < -0.4 is 0 Å². The molecule has 16 rings (SSSR count). The summed E-state index contributed by atoms with van der Waals surface area (Å²) in [5.74, 6) is 0. The second kappa shape index (κ2) is 26.4. The van der Waals surface area contributed by atoms with Gasteiger partial charge in [0.05, 0.1) is 44.8 Å². The van der Waals surface area contributed by atoms with E-state index in [-0.39, 0.29) is 37.9 Å². The SMILES string of the molecule is CC(C)(C)c1ccc(-c2ccc(-c3c4nc(c(-c5ccc(-c6ccc(C(C)(C)C)cc6)cc5)c5[nH]c(c(-c6ccc(-c7ccc(C(C)(C)C)cc7)cc6)c6nc(c(-c7ccccc7)c7[nH]c3c3ccc(C(C)(C)C)cc73)-c3ccc(C(C)(C)C)cc3-6)c3ccc(C(C)(C)C)cc53)-c3ccc(C(C)(C)C)cc3-4)cc2)cc1. The highest BCUT2D eigenvalue weighted by atomic mass is 14.8. The van der Waals surface area contributed by atoms with Gasteiger partial charge in [0.15, 0.2) is 0 Å². The fourth-order valence-electron chi connectivity index (χ4n) is 16.4. The minimum Gasteiger partial charge on any atom is -0.353 e. The highest BCUT2D eigenvalue weighted by Crippen LogP contribution is 2.54. The predicted molar refractivity (Wildman–Crippen MR) is 474 cm³/mol. The molecule has 550 valence electrons. The van der Waals surface area contributed by atoms with Gasteiger partial charge in [0.2, 0.25) is 0 Å². The fraction of sp³-hybridized carbons (Fsp3) is 0.264. The summed E-state index contributed by atoms with van der Waals surface area (Å²) in [5.41, 5.74) is 35.3. The Bertz CT molecular complexity index is 6030. The molecule has 0 amide bonds. The van der Waals surface area contributed by atoms with E-state index in [0.717, 1.165) is 150 Å². The Morgan fingerprint density at radius 3 is 0.664 bits per heavy atom. The zero-order valence-corrected chi connectivity index (χ0v) is 68.6. The van der Waals surface area contributed by atoms with E-state index in [4.69, 9.17) is 9.97 Å². The molecule has 0 spiro atoms. The van der Waals surface area contributed by atoms with Crippen molar-refractivity contribution >= 4 is 43.6 Å². The highest BCUT2D eigenvalue weighted by molar-refractivity contribution is 6.22. The lowest BCUT2D eigenvalue weighted by molar-refractivity contribution is 0.590. The Balaban J connectivity index is 1.16. The molecule has 2 aliphatic heterocycles. The third-order valence-corrected chi connectivity index (χ3v) is 23.4. The van der Waals surface area contributed by atoms with Crippen molar-refractivity contribution < 1.29 is 0 Å². The van der Waals surface area contributed by atoms with Gasteiger partial charge in [-0.25, -0.2) is 9.97 Å². The summed E-state index contributed by atoms with van der Waals surface area (Å²) in [6.45, 7) is 48.6. The molecule has 4 nitrogen and oxygen atoms in total. The lowest BCUT2D eigenvalue weighted by atomic mass is 9.83. The molecule has 0 fully saturated rings. The molecule has 0 radical (unpaired) electrons. The molecule has 11 aromatic carbocycles. The van der Waals surface area contributed by atoms with E-state index >= 15 is 0 Å². The summed E-state index contributed by atoms with van der Waals surface area (Å²) in [6, 6.07) is 95.4. The minimum atomic E-state index is -0.206. The number of rotatable bonds is 7. The van der Waals surface area contributed by atoms with Crippen LogP contribution in [0.2, 0.25) is 0 Å². The first-order valence-corrected chi connectivity index (χ1v) is 39.7. The monoisotopic (exact) mass is 1430 g/mol. The van der Waals surface area contributed by atoms with Crippen molar-refractivity contribution in [2.45, 2.75) is 183 Å². The largest absolute Gasteiger partial charge is 0.353 e. The highest BCUT2D eigenvalue weighted by Gasteiger charge is 2.34. The van der Waals surface area contributed by atoms with Gasteiger partial charge in [0.25, 0.3) is 0 Å². The van der Waals surface area contributed by atoms with E-state index in [1.54, 1.807) is 0 Å². The third kappa shape index (κ3) is 13.3. The third-order valence-electron chi connectivity index (χ3n) is 23.4. The zero-order valence-electron chi connectivity index (χ0n) is 68.6. The van der Waals surface area contributed by atoms with Gasteiger partial charge < -0.3 is 9.97 Å². The van der Waals surface area contributed by atoms with Crippen LogP contribution in [0.4, 0.5) is 0 Å². The Morgan fingerprint density at radius 1 is 0.182 bits per heavy atom. The molecule has 110 heavy (non-hydrogen) atoms. The van der Waals surface area contributed by atoms with Crippen LogP contribution >= 0.6 is 0 Å². The van der Waals surface area contributed by atoms with Crippen molar-refractivity contribution in [3.05, 3.63) is 288 Å². The van der Waals surface area contributed by atoms with Gasteiger partial charge >= 0.3 is 0 Å². The van der Waals surface area contributed by atoms with Crippen LogP contribution in [0.25, 0.3) is 167 Å². The first kappa shape index (κ1) is 73.2. The molecule has 0 saturated carbocycles. The average Bonchev–Trinajstić information content (AvgIpc) is 1.54. The second-order valence-electron chi connectivity index (χ2n) is 38.5. The van der Waals surface area contributed by atoms with Crippen LogP contribution in [0, 0.1) is 0 Å². The number of nitrogens with one attached hydrogen (secondary N) is 2. The number of benzene rings is 11. The van der Waals surface area contributed by atoms with Crippen LogP contribution in [0.3, 0.4) is 0 Å². The normalized spacial score (nSPS) is 13.0. The predicted octanol–water partition coefficient (Wildman–Crippen LogP) is 30.0. The summed E-state index contributed by atoms with van der Waals surface area (Å²) in [5, 5.41) is 4.42. The topological polar surface area (TPSA) is 57.4 Å². The molecule has 8 bridgehead atoms. The summed E-state index contributed by atoms with van der Waals surface area (Å²) >= 11 is 0. The van der Waals surface area contributed by atoms with E-state index < -0.39 is 0 Å². The maximum Gasteiger partial charge on any atom is 0.0816 e. The zero-order chi connectivity index (χ0) is 77.7. The van der Waals surface area contributed by atoms with E-state index in [9.17, 15) is 0 Å². The van der Waals surface area contributed by atoms with Gasteiger partial charge in [0.1, 0.15) is 0 Å². The van der Waals surface area contributed by atoms with Gasteiger partial charge in [-0.2, -0.15) is 0 Å². The molecule has 3 aliphatic rings. The lowest BCUT2D eigenvalue weighted by Crippen LogP contribution is -2.10. The van der Waals surface area contributed by atoms with Gasteiger partial charge in [-0.1, -0.05) is 370 Å².